The molecule has 0 spiro atoms. The highest BCUT2D eigenvalue weighted by atomic mass is 16.4. The van der Waals surface area contributed by atoms with Gasteiger partial charge in [0.1, 0.15) is 5.58 Å². The Bertz CT molecular complexity index is 2500. The van der Waals surface area contributed by atoms with E-state index in [1.54, 1.807) is 0 Å². The molecule has 0 amide bonds. The second-order valence-electron chi connectivity index (χ2n) is 12.1. The fraction of sp³-hybridized carbons (Fsp3) is 0.0750. The lowest BCUT2D eigenvalue weighted by molar-refractivity contribution is 0.569. The van der Waals surface area contributed by atoms with Crippen LogP contribution in [-0.4, -0.2) is 4.57 Å². The summed E-state index contributed by atoms with van der Waals surface area (Å²) in [7, 11) is 0. The van der Waals surface area contributed by atoms with Crippen molar-refractivity contribution in [2.45, 2.75) is 19.3 Å². The SMILES string of the molecule is CC1(C)c2ccccc2-c2cc3c4cc(-c5ccc6c(c5)c(=O)oc5ccccc56)ccc4n(-c4ccccc4)c3cc21. The smallest absolute Gasteiger partial charge is 0.344 e. The second-order valence-corrected chi connectivity index (χ2v) is 12.1. The van der Waals surface area contributed by atoms with Crippen molar-refractivity contribution in [1.82, 2.24) is 4.57 Å². The number of aromatic nitrogens is 1. The Morgan fingerprint density at radius 3 is 2.09 bits per heavy atom. The first-order chi connectivity index (χ1) is 21.0. The van der Waals surface area contributed by atoms with E-state index in [0.717, 1.165) is 33.1 Å². The molecule has 1 aliphatic rings. The van der Waals surface area contributed by atoms with Crippen LogP contribution >= 0.6 is 0 Å². The lowest BCUT2D eigenvalue weighted by atomic mass is 9.82. The quantitative estimate of drug-likeness (QED) is 0.158. The summed E-state index contributed by atoms with van der Waals surface area (Å²) in [6, 6.07) is 44.7. The van der Waals surface area contributed by atoms with Gasteiger partial charge >= 0.3 is 5.63 Å². The Morgan fingerprint density at radius 2 is 1.23 bits per heavy atom. The summed E-state index contributed by atoms with van der Waals surface area (Å²) in [4.78, 5) is 13.0. The fourth-order valence-corrected chi connectivity index (χ4v) is 7.31. The number of hydrogen-bond donors (Lipinski definition) is 0. The Hall–Kier alpha value is -5.41. The molecule has 3 nitrogen and oxygen atoms in total. The molecule has 43 heavy (non-hydrogen) atoms. The third kappa shape index (κ3) is 3.33. The van der Waals surface area contributed by atoms with Crippen LogP contribution in [0.5, 0.6) is 0 Å². The molecular formula is C40H27NO2. The number of fused-ring (bicyclic) bond motifs is 9. The zero-order valence-corrected chi connectivity index (χ0v) is 23.9. The predicted molar refractivity (Wildman–Crippen MR) is 177 cm³/mol. The van der Waals surface area contributed by atoms with E-state index in [1.807, 2.05) is 36.4 Å². The van der Waals surface area contributed by atoms with Crippen LogP contribution in [0.4, 0.5) is 0 Å². The van der Waals surface area contributed by atoms with Gasteiger partial charge in [-0.25, -0.2) is 4.79 Å². The fourth-order valence-electron chi connectivity index (χ4n) is 7.31. The number of benzene rings is 6. The van der Waals surface area contributed by atoms with Gasteiger partial charge in [-0.3, -0.25) is 0 Å². The van der Waals surface area contributed by atoms with Crippen molar-refractivity contribution in [2.75, 3.05) is 0 Å². The molecule has 0 fully saturated rings. The van der Waals surface area contributed by atoms with E-state index in [0.29, 0.717) is 11.0 Å². The van der Waals surface area contributed by atoms with E-state index < -0.39 is 0 Å². The average Bonchev–Trinajstić information content (AvgIpc) is 3.48. The first kappa shape index (κ1) is 24.2. The lowest BCUT2D eigenvalue weighted by Gasteiger charge is -2.21. The van der Waals surface area contributed by atoms with Gasteiger partial charge in [0.25, 0.3) is 0 Å². The Morgan fingerprint density at radius 1 is 0.535 bits per heavy atom. The third-order valence-electron chi connectivity index (χ3n) is 9.44. The number of nitrogens with zero attached hydrogens (tertiary/aromatic N) is 1. The molecule has 6 aromatic carbocycles. The number of para-hydroxylation sites is 2. The van der Waals surface area contributed by atoms with E-state index in [4.69, 9.17) is 4.42 Å². The summed E-state index contributed by atoms with van der Waals surface area (Å²) in [6.07, 6.45) is 0. The highest BCUT2D eigenvalue weighted by molar-refractivity contribution is 6.13. The molecule has 0 aliphatic heterocycles. The molecule has 9 rings (SSSR count). The van der Waals surface area contributed by atoms with Crippen molar-refractivity contribution in [3.63, 3.8) is 0 Å². The van der Waals surface area contributed by atoms with Crippen molar-refractivity contribution in [3.8, 4) is 27.9 Å². The van der Waals surface area contributed by atoms with Gasteiger partial charge in [-0.1, -0.05) is 92.7 Å². The van der Waals surface area contributed by atoms with E-state index in [1.165, 1.54) is 38.5 Å². The minimum absolute atomic E-state index is 0.0837. The first-order valence-corrected chi connectivity index (χ1v) is 14.7. The molecule has 0 saturated carbocycles. The van der Waals surface area contributed by atoms with Gasteiger partial charge in [0.15, 0.2) is 0 Å². The summed E-state index contributed by atoms with van der Waals surface area (Å²) in [5.41, 5.74) is 11.1. The maximum absolute atomic E-state index is 13.0. The van der Waals surface area contributed by atoms with Gasteiger partial charge in [-0.2, -0.15) is 0 Å². The maximum Gasteiger partial charge on any atom is 0.344 e. The maximum atomic E-state index is 13.0. The first-order valence-electron chi connectivity index (χ1n) is 14.7. The van der Waals surface area contributed by atoms with Gasteiger partial charge in [0.2, 0.25) is 0 Å². The molecule has 1 aliphatic carbocycles. The second kappa shape index (κ2) is 8.56. The largest absolute Gasteiger partial charge is 0.422 e. The molecule has 0 unspecified atom stereocenters. The van der Waals surface area contributed by atoms with Gasteiger partial charge < -0.3 is 8.98 Å². The summed E-state index contributed by atoms with van der Waals surface area (Å²) in [5, 5.41) is 4.86. The minimum atomic E-state index is -0.311. The summed E-state index contributed by atoms with van der Waals surface area (Å²) in [5.74, 6) is 0. The van der Waals surface area contributed by atoms with Crippen LogP contribution in [-0.2, 0) is 5.41 Å². The monoisotopic (exact) mass is 553 g/mol. The van der Waals surface area contributed by atoms with Crippen molar-refractivity contribution >= 4 is 43.5 Å². The zero-order valence-electron chi connectivity index (χ0n) is 23.9. The lowest BCUT2D eigenvalue weighted by Crippen LogP contribution is -2.14. The van der Waals surface area contributed by atoms with E-state index in [-0.39, 0.29) is 11.0 Å². The van der Waals surface area contributed by atoms with Crippen molar-refractivity contribution in [1.29, 1.82) is 0 Å². The van der Waals surface area contributed by atoms with Gasteiger partial charge in [0, 0.05) is 27.3 Å². The number of rotatable bonds is 2. The van der Waals surface area contributed by atoms with Crippen LogP contribution in [0, 0.1) is 0 Å². The normalized spacial score (nSPS) is 13.6. The van der Waals surface area contributed by atoms with Gasteiger partial charge in [-0.05, 0) is 87.3 Å². The molecule has 0 N–H and O–H groups in total. The molecule has 0 bridgehead atoms. The Kier molecular flexibility index (Phi) is 4.82. The van der Waals surface area contributed by atoms with E-state index >= 15 is 0 Å². The standard InChI is InChI=1S/C40H27NO2/c1-40(2)34-14-8-6-12-28(34)30-22-32-31-20-25(17-19-36(31)41(37(32)23-35(30)40)26-10-4-3-5-11-26)24-16-18-27-29-13-7-9-15-38(29)43-39(42)33(27)21-24/h3-23H,1-2H3. The average molecular weight is 554 g/mol. The number of hydrogen-bond acceptors (Lipinski definition) is 2. The van der Waals surface area contributed by atoms with Crippen LogP contribution < -0.4 is 5.63 Å². The molecular weight excluding hydrogens is 526 g/mol. The summed E-state index contributed by atoms with van der Waals surface area (Å²) < 4.78 is 8.06. The van der Waals surface area contributed by atoms with Crippen LogP contribution in [0.15, 0.2) is 137 Å². The topological polar surface area (TPSA) is 35.1 Å². The Labute approximate surface area is 248 Å². The Balaban J connectivity index is 1.33. The molecule has 8 aromatic rings. The molecule has 204 valence electrons. The van der Waals surface area contributed by atoms with E-state index in [2.05, 4.69) is 109 Å². The van der Waals surface area contributed by atoms with E-state index in [9.17, 15) is 4.79 Å². The van der Waals surface area contributed by atoms with Crippen molar-refractivity contribution in [2.24, 2.45) is 0 Å². The van der Waals surface area contributed by atoms with Crippen LogP contribution in [0.1, 0.15) is 25.0 Å². The highest BCUT2D eigenvalue weighted by Gasteiger charge is 2.36. The molecule has 0 saturated heterocycles. The van der Waals surface area contributed by atoms with Crippen molar-refractivity contribution < 1.29 is 4.42 Å². The third-order valence-corrected chi connectivity index (χ3v) is 9.44. The van der Waals surface area contributed by atoms with Crippen LogP contribution in [0.25, 0.3) is 71.5 Å². The van der Waals surface area contributed by atoms with Crippen LogP contribution in [0.2, 0.25) is 0 Å². The molecule has 0 radical (unpaired) electrons. The van der Waals surface area contributed by atoms with Gasteiger partial charge in [-0.15, -0.1) is 0 Å². The zero-order chi connectivity index (χ0) is 28.9. The van der Waals surface area contributed by atoms with Crippen LogP contribution in [0.3, 0.4) is 0 Å². The summed E-state index contributed by atoms with van der Waals surface area (Å²) >= 11 is 0. The van der Waals surface area contributed by atoms with Gasteiger partial charge in [0.05, 0.1) is 16.4 Å². The molecule has 3 heteroatoms. The highest BCUT2D eigenvalue weighted by Crippen LogP contribution is 2.51. The van der Waals surface area contributed by atoms with Crippen molar-refractivity contribution in [3.05, 3.63) is 149 Å². The minimum Gasteiger partial charge on any atom is -0.422 e. The molecule has 0 atom stereocenters. The summed E-state index contributed by atoms with van der Waals surface area (Å²) in [6.45, 7) is 4.66. The molecule has 2 aromatic heterocycles. The predicted octanol–water partition coefficient (Wildman–Crippen LogP) is 10.0. The molecule has 2 heterocycles.